The van der Waals surface area contributed by atoms with Gasteiger partial charge in [0.05, 0.1) is 6.10 Å². The van der Waals surface area contributed by atoms with E-state index in [2.05, 4.69) is 79.6 Å². The number of rotatable bonds is 7. The lowest BCUT2D eigenvalue weighted by Crippen LogP contribution is -2.47. The Hall–Kier alpha value is -3.72. The van der Waals surface area contributed by atoms with Gasteiger partial charge in [-0.3, -0.25) is 4.79 Å². The highest BCUT2D eigenvalue weighted by molar-refractivity contribution is 6.00. The number of pyridine rings is 1. The minimum absolute atomic E-state index is 0.237. The second-order valence-electron chi connectivity index (χ2n) is 11.9. The number of ether oxygens (including phenoxy) is 1. The smallest absolute Gasteiger partial charge is 0.162 e. The van der Waals surface area contributed by atoms with E-state index in [-0.39, 0.29) is 11.9 Å². The van der Waals surface area contributed by atoms with Gasteiger partial charge >= 0.3 is 0 Å². The second kappa shape index (κ2) is 11.6. The molecule has 210 valence electrons. The number of ketones is 1. The largest absolute Gasteiger partial charge is 0.381 e. The van der Waals surface area contributed by atoms with Gasteiger partial charge in [0.2, 0.25) is 0 Å². The summed E-state index contributed by atoms with van der Waals surface area (Å²) in [6, 6.07) is 11.0. The van der Waals surface area contributed by atoms with Crippen molar-refractivity contribution >= 4 is 23.3 Å². The average molecular weight is 545 g/mol. The minimum Gasteiger partial charge on any atom is -0.381 e. The first-order valence-corrected chi connectivity index (χ1v) is 15.1. The number of carbonyl (C=O) groups is 1. The summed E-state index contributed by atoms with van der Waals surface area (Å²) in [4.78, 5) is 20.5. The van der Waals surface area contributed by atoms with Crippen LogP contribution in [0.5, 0.6) is 0 Å². The number of hydrogen-bond donors (Lipinski definition) is 0. The number of anilines is 1. The third-order valence-corrected chi connectivity index (χ3v) is 9.46. The van der Waals surface area contributed by atoms with E-state index in [1.165, 1.54) is 22.3 Å². The number of carbonyl (C=O) groups excluding carboxylic acids is 1. The second-order valence-corrected chi connectivity index (χ2v) is 11.9. The number of aromatic nitrogens is 1. The van der Waals surface area contributed by atoms with E-state index in [0.29, 0.717) is 18.3 Å². The predicted molar refractivity (Wildman–Crippen MR) is 168 cm³/mol. The van der Waals surface area contributed by atoms with Crippen LogP contribution in [-0.2, 0) is 9.53 Å². The van der Waals surface area contributed by atoms with Crippen molar-refractivity contribution < 1.29 is 9.53 Å². The van der Waals surface area contributed by atoms with E-state index in [0.717, 1.165) is 78.8 Å². The van der Waals surface area contributed by atoms with Crippen molar-refractivity contribution in [2.45, 2.75) is 58.5 Å². The van der Waals surface area contributed by atoms with Crippen molar-refractivity contribution in [2.75, 3.05) is 25.1 Å². The highest BCUT2D eigenvalue weighted by Crippen LogP contribution is 2.41. The summed E-state index contributed by atoms with van der Waals surface area (Å²) >= 11 is 0. The highest BCUT2D eigenvalue weighted by Gasteiger charge is 2.31. The number of fused-ring (bicyclic) bond motifs is 2. The molecule has 0 unspecified atom stereocenters. The van der Waals surface area contributed by atoms with E-state index in [1.54, 1.807) is 7.11 Å². The van der Waals surface area contributed by atoms with Crippen LogP contribution in [0, 0.1) is 11.8 Å². The summed E-state index contributed by atoms with van der Waals surface area (Å²) in [5, 5.41) is 0. The lowest BCUT2D eigenvalue weighted by Gasteiger charge is -2.41. The van der Waals surface area contributed by atoms with Gasteiger partial charge in [-0.1, -0.05) is 49.8 Å². The Bertz CT molecular complexity index is 1530. The van der Waals surface area contributed by atoms with Crippen LogP contribution in [0.1, 0.15) is 63.5 Å². The molecule has 2 aromatic rings. The first kappa shape index (κ1) is 27.4. The van der Waals surface area contributed by atoms with Crippen LogP contribution >= 0.6 is 0 Å². The summed E-state index contributed by atoms with van der Waals surface area (Å²) in [6.07, 6.45) is 16.1. The Morgan fingerprint density at radius 2 is 1.93 bits per heavy atom. The third-order valence-electron chi connectivity index (χ3n) is 9.46. The zero-order valence-electron chi connectivity index (χ0n) is 24.6. The van der Waals surface area contributed by atoms with Crippen LogP contribution in [0.25, 0.3) is 22.8 Å². The predicted octanol–water partition coefficient (Wildman–Crippen LogP) is 8.14. The van der Waals surface area contributed by atoms with Crippen molar-refractivity contribution in [2.24, 2.45) is 11.8 Å². The molecule has 1 aromatic carbocycles. The molecule has 3 aliphatic carbocycles. The number of Topliss-reactive ketones (excluding diaryl/α,β-unsaturated/α-hetero) is 1. The van der Waals surface area contributed by atoms with Crippen molar-refractivity contribution in [1.29, 1.82) is 0 Å². The molecule has 4 heteroatoms. The van der Waals surface area contributed by atoms with E-state index in [9.17, 15) is 4.79 Å². The Balaban J connectivity index is 1.36. The molecule has 1 aliphatic heterocycles. The molecule has 4 aliphatic rings. The minimum atomic E-state index is 0.237. The summed E-state index contributed by atoms with van der Waals surface area (Å²) < 4.78 is 5.69. The molecular formula is C37H40N2O2. The van der Waals surface area contributed by atoms with Gasteiger partial charge in [0, 0.05) is 44.3 Å². The molecule has 0 spiro atoms. The molecule has 41 heavy (non-hydrogen) atoms. The van der Waals surface area contributed by atoms with Gasteiger partial charge in [0.1, 0.15) is 5.82 Å². The molecule has 2 heterocycles. The highest BCUT2D eigenvalue weighted by atomic mass is 16.5. The van der Waals surface area contributed by atoms with Crippen molar-refractivity contribution in [1.82, 2.24) is 4.98 Å². The average Bonchev–Trinajstić information content (AvgIpc) is 3.39. The standard InChI is InChI=1S/C37H40N2O2/c1-5-24(3)32-22-39(23-32)37-15-13-30(21-38-37)28-11-10-26-8-7-9-29-16-25(6-2)36(40)20-31(19-35(29)34(26)18-28)27-12-14-33(17-27)41-4/h8-11,13,15-16,18-19,21,27,32-33H,3,5-6,12,14,17,20,22-23H2,1-2,4H3/b25-16-,31-19-/t27-,33-/m0/s1. The fraction of sp³-hybridized carbons (Fsp3) is 0.378. The van der Waals surface area contributed by atoms with Gasteiger partial charge in [0.25, 0.3) is 0 Å². The van der Waals surface area contributed by atoms with Crippen molar-refractivity contribution in [3.63, 3.8) is 0 Å². The first-order valence-electron chi connectivity index (χ1n) is 15.1. The fourth-order valence-electron chi connectivity index (χ4n) is 6.64. The zero-order valence-corrected chi connectivity index (χ0v) is 24.6. The molecular weight excluding hydrogens is 504 g/mol. The van der Waals surface area contributed by atoms with Gasteiger partial charge in [-0.2, -0.15) is 0 Å². The lowest BCUT2D eigenvalue weighted by molar-refractivity contribution is -0.115. The van der Waals surface area contributed by atoms with Crippen LogP contribution in [-0.4, -0.2) is 37.1 Å². The van der Waals surface area contributed by atoms with E-state index < -0.39 is 0 Å². The molecule has 1 saturated heterocycles. The molecule has 1 saturated carbocycles. The summed E-state index contributed by atoms with van der Waals surface area (Å²) in [6.45, 7) is 10.5. The molecule has 0 bridgehead atoms. The number of methoxy groups -OCH3 is 1. The van der Waals surface area contributed by atoms with Gasteiger partial charge < -0.3 is 9.64 Å². The molecule has 0 N–H and O–H groups in total. The van der Waals surface area contributed by atoms with Crippen molar-refractivity contribution in [3.8, 4) is 11.1 Å². The lowest BCUT2D eigenvalue weighted by atomic mass is 9.83. The van der Waals surface area contributed by atoms with Gasteiger partial charge in [0.15, 0.2) is 5.78 Å². The molecule has 0 amide bonds. The van der Waals surface area contributed by atoms with Crippen LogP contribution < -0.4 is 4.90 Å². The molecule has 6 rings (SSSR count). The quantitative estimate of drug-likeness (QED) is 0.261. The molecule has 2 fully saturated rings. The maximum atomic E-state index is 13.3. The monoisotopic (exact) mass is 544 g/mol. The summed E-state index contributed by atoms with van der Waals surface area (Å²) in [5.41, 5.74) is 13.6. The van der Waals surface area contributed by atoms with Gasteiger partial charge in [-0.15, -0.1) is 5.73 Å². The Morgan fingerprint density at radius 1 is 1.10 bits per heavy atom. The van der Waals surface area contributed by atoms with E-state index in [1.807, 2.05) is 12.3 Å². The first-order chi connectivity index (χ1) is 20.0. The van der Waals surface area contributed by atoms with Crippen LogP contribution in [0.15, 0.2) is 89.4 Å². The maximum absolute atomic E-state index is 13.3. The van der Waals surface area contributed by atoms with Gasteiger partial charge in [-0.25, -0.2) is 4.98 Å². The SMILES string of the molecule is C=C(CC)C1CN(c2ccc(-c3ccc4c(c3)C3=C(C=C=C4)/C=C(/CC)C(=O)C/C([C@H]4CC[C@H](OC)C4)=C/3)cn2)C1. The van der Waals surface area contributed by atoms with Crippen LogP contribution in [0.4, 0.5) is 5.82 Å². The van der Waals surface area contributed by atoms with Crippen LogP contribution in [0.2, 0.25) is 0 Å². The molecule has 1 aromatic heterocycles. The number of benzene rings is 1. The van der Waals surface area contributed by atoms with Gasteiger partial charge in [-0.05, 0) is 108 Å². The van der Waals surface area contributed by atoms with E-state index >= 15 is 0 Å². The fourth-order valence-corrected chi connectivity index (χ4v) is 6.64. The number of hydrogen-bond acceptors (Lipinski definition) is 4. The third kappa shape index (κ3) is 5.47. The van der Waals surface area contributed by atoms with Crippen LogP contribution in [0.3, 0.4) is 0 Å². The maximum Gasteiger partial charge on any atom is 0.162 e. The van der Waals surface area contributed by atoms with Crippen molar-refractivity contribution in [3.05, 3.63) is 100 Å². The number of allylic oxidation sites excluding steroid dienone is 7. The Morgan fingerprint density at radius 3 is 2.63 bits per heavy atom. The Kier molecular flexibility index (Phi) is 7.79. The summed E-state index contributed by atoms with van der Waals surface area (Å²) in [7, 11) is 1.80. The molecule has 0 radical (unpaired) electrons. The molecule has 2 atom stereocenters. The topological polar surface area (TPSA) is 42.4 Å². The summed E-state index contributed by atoms with van der Waals surface area (Å²) in [5.74, 6) is 2.22. The molecule has 4 nitrogen and oxygen atoms in total. The zero-order chi connectivity index (χ0) is 28.5. The van der Waals surface area contributed by atoms with E-state index in [4.69, 9.17) is 9.72 Å². The normalized spacial score (nSPS) is 24.9. The number of nitrogens with zero attached hydrogens (tertiary/aromatic N) is 2. The Labute approximate surface area is 244 Å².